The van der Waals surface area contributed by atoms with Gasteiger partial charge in [-0.2, -0.15) is 0 Å². The first-order valence-corrected chi connectivity index (χ1v) is 10.6. The van der Waals surface area contributed by atoms with Crippen molar-refractivity contribution in [3.8, 4) is 17.2 Å². The molecule has 2 N–H and O–H groups in total. The van der Waals surface area contributed by atoms with Crippen molar-refractivity contribution in [1.29, 1.82) is 0 Å². The third kappa shape index (κ3) is 3.40. The van der Waals surface area contributed by atoms with E-state index in [-0.39, 0.29) is 5.54 Å². The van der Waals surface area contributed by atoms with E-state index in [0.717, 1.165) is 56.3 Å². The second-order valence-corrected chi connectivity index (χ2v) is 8.20. The molecular formula is C24H29N3O3. The van der Waals surface area contributed by atoms with E-state index >= 15 is 0 Å². The first-order valence-electron chi connectivity index (χ1n) is 10.6. The van der Waals surface area contributed by atoms with Crippen molar-refractivity contribution in [3.63, 3.8) is 0 Å². The maximum Gasteiger partial charge on any atom is 0.123 e. The number of hydrogen-bond acceptors (Lipinski definition) is 5. The highest BCUT2D eigenvalue weighted by molar-refractivity contribution is 5.86. The van der Waals surface area contributed by atoms with Crippen LogP contribution in [0.3, 0.4) is 0 Å². The van der Waals surface area contributed by atoms with E-state index in [1.807, 2.05) is 24.3 Å². The van der Waals surface area contributed by atoms with Gasteiger partial charge >= 0.3 is 0 Å². The van der Waals surface area contributed by atoms with Crippen molar-refractivity contribution in [1.82, 2.24) is 15.2 Å². The average Bonchev–Trinajstić information content (AvgIpc) is 3.36. The van der Waals surface area contributed by atoms with Crippen LogP contribution < -0.4 is 19.5 Å². The highest BCUT2D eigenvalue weighted by atomic mass is 16.5. The van der Waals surface area contributed by atoms with Crippen LogP contribution in [0.1, 0.15) is 17.7 Å². The van der Waals surface area contributed by atoms with Crippen molar-refractivity contribution in [3.05, 3.63) is 53.7 Å². The Balaban J connectivity index is 1.29. The van der Waals surface area contributed by atoms with Gasteiger partial charge in [0.2, 0.25) is 0 Å². The van der Waals surface area contributed by atoms with Crippen LogP contribution in [0.25, 0.3) is 10.9 Å². The van der Waals surface area contributed by atoms with Crippen LogP contribution in [-0.4, -0.2) is 56.9 Å². The number of benzene rings is 2. The van der Waals surface area contributed by atoms with E-state index in [9.17, 15) is 0 Å². The van der Waals surface area contributed by atoms with Gasteiger partial charge in [-0.25, -0.2) is 0 Å². The number of ether oxygens (including phenoxy) is 3. The van der Waals surface area contributed by atoms with Crippen LogP contribution in [0.15, 0.2) is 42.5 Å². The molecule has 1 spiro atoms. The Labute approximate surface area is 177 Å². The molecule has 0 bridgehead atoms. The molecule has 5 rings (SSSR count). The minimum Gasteiger partial charge on any atom is -0.497 e. The minimum atomic E-state index is -0.00416. The molecule has 1 fully saturated rings. The van der Waals surface area contributed by atoms with Crippen molar-refractivity contribution in [2.45, 2.75) is 18.4 Å². The van der Waals surface area contributed by atoms with E-state index in [1.54, 1.807) is 14.2 Å². The molecule has 6 nitrogen and oxygen atoms in total. The van der Waals surface area contributed by atoms with Crippen LogP contribution in [0.4, 0.5) is 0 Å². The molecule has 1 aromatic heterocycles. The highest BCUT2D eigenvalue weighted by Crippen LogP contribution is 2.40. The maximum atomic E-state index is 5.97. The predicted molar refractivity (Wildman–Crippen MR) is 118 cm³/mol. The van der Waals surface area contributed by atoms with Crippen LogP contribution in [0, 0.1) is 0 Å². The fraction of sp³-hybridized carbons (Fsp3) is 0.417. The van der Waals surface area contributed by atoms with Crippen LogP contribution in [0.5, 0.6) is 17.2 Å². The van der Waals surface area contributed by atoms with Crippen LogP contribution >= 0.6 is 0 Å². The molecule has 2 aliphatic rings. The normalized spacial score (nSPS) is 21.1. The summed E-state index contributed by atoms with van der Waals surface area (Å²) in [5.41, 5.74) is 3.98. The van der Waals surface area contributed by atoms with E-state index in [2.05, 4.69) is 33.4 Å². The zero-order chi connectivity index (χ0) is 20.6. The number of hydrogen-bond donors (Lipinski definition) is 2. The summed E-state index contributed by atoms with van der Waals surface area (Å²) in [7, 11) is 3.39. The molecule has 0 radical (unpaired) electrons. The molecule has 30 heavy (non-hydrogen) atoms. The number of fused-ring (bicyclic) bond motifs is 4. The van der Waals surface area contributed by atoms with Gasteiger partial charge in [-0.15, -0.1) is 0 Å². The molecule has 1 atom stereocenters. The average molecular weight is 408 g/mol. The number of aromatic amines is 1. The zero-order valence-electron chi connectivity index (χ0n) is 17.7. The van der Waals surface area contributed by atoms with Gasteiger partial charge in [0, 0.05) is 54.9 Å². The molecule has 1 unspecified atom stereocenters. The number of methoxy groups -OCH3 is 2. The van der Waals surface area contributed by atoms with E-state index in [1.165, 1.54) is 22.2 Å². The molecular weight excluding hydrogens is 378 g/mol. The Bertz CT molecular complexity index is 1050. The lowest BCUT2D eigenvalue weighted by Gasteiger charge is -2.35. The monoisotopic (exact) mass is 407 g/mol. The Hall–Kier alpha value is -2.70. The smallest absolute Gasteiger partial charge is 0.123 e. The first kappa shape index (κ1) is 19.3. The van der Waals surface area contributed by atoms with Gasteiger partial charge in [0.1, 0.15) is 23.9 Å². The largest absolute Gasteiger partial charge is 0.497 e. The molecule has 3 aromatic rings. The summed E-state index contributed by atoms with van der Waals surface area (Å²) >= 11 is 0. The molecule has 0 aliphatic carbocycles. The molecule has 158 valence electrons. The molecule has 0 saturated carbocycles. The SMILES string of the molecule is COc1cccc(OCCN2CCC3(C2)NCCc2c3[nH]c3cc(OC)ccc23)c1. The van der Waals surface area contributed by atoms with Crippen molar-refractivity contribution in [2.24, 2.45) is 0 Å². The van der Waals surface area contributed by atoms with E-state index in [0.29, 0.717) is 6.61 Å². The quantitative estimate of drug-likeness (QED) is 0.657. The number of likely N-dealkylation sites (tertiary alicyclic amines) is 1. The Morgan fingerprint density at radius 3 is 2.73 bits per heavy atom. The molecule has 0 amide bonds. The number of nitrogens with zero attached hydrogens (tertiary/aromatic N) is 1. The van der Waals surface area contributed by atoms with Gasteiger partial charge < -0.3 is 24.5 Å². The van der Waals surface area contributed by atoms with E-state index in [4.69, 9.17) is 14.2 Å². The lowest BCUT2D eigenvalue weighted by Crippen LogP contribution is -2.49. The molecule has 2 aromatic carbocycles. The van der Waals surface area contributed by atoms with Gasteiger partial charge in [-0.3, -0.25) is 4.90 Å². The predicted octanol–water partition coefficient (Wildman–Crippen LogP) is 3.31. The number of rotatable bonds is 6. The van der Waals surface area contributed by atoms with Crippen LogP contribution in [-0.2, 0) is 12.0 Å². The number of H-pyrrole nitrogens is 1. The number of nitrogens with one attached hydrogen (secondary N) is 2. The summed E-state index contributed by atoms with van der Waals surface area (Å²) in [4.78, 5) is 6.22. The Kier molecular flexibility index (Phi) is 5.05. The summed E-state index contributed by atoms with van der Waals surface area (Å²) in [6.07, 6.45) is 2.16. The molecule has 2 aliphatic heterocycles. The second kappa shape index (κ2) is 7.85. The maximum absolute atomic E-state index is 5.97. The summed E-state index contributed by atoms with van der Waals surface area (Å²) in [6.45, 7) is 4.64. The minimum absolute atomic E-state index is 0.00416. The van der Waals surface area contributed by atoms with Gasteiger partial charge in [-0.05, 0) is 42.7 Å². The third-order valence-electron chi connectivity index (χ3n) is 6.50. The highest BCUT2D eigenvalue weighted by Gasteiger charge is 2.43. The van der Waals surface area contributed by atoms with Crippen molar-refractivity contribution in [2.75, 3.05) is 47.0 Å². The lowest BCUT2D eigenvalue weighted by atomic mass is 9.86. The summed E-state index contributed by atoms with van der Waals surface area (Å²) in [5.74, 6) is 2.57. The summed E-state index contributed by atoms with van der Waals surface area (Å²) in [6, 6.07) is 14.1. The first-order chi connectivity index (χ1) is 14.7. The van der Waals surface area contributed by atoms with Crippen molar-refractivity contribution < 1.29 is 14.2 Å². The van der Waals surface area contributed by atoms with Gasteiger partial charge in [0.05, 0.1) is 19.8 Å². The number of aromatic nitrogens is 1. The lowest BCUT2D eigenvalue weighted by molar-refractivity contribution is 0.217. The fourth-order valence-corrected chi connectivity index (χ4v) is 4.96. The molecule has 1 saturated heterocycles. The van der Waals surface area contributed by atoms with Crippen LogP contribution in [0.2, 0.25) is 0 Å². The Morgan fingerprint density at radius 1 is 1.03 bits per heavy atom. The fourth-order valence-electron chi connectivity index (χ4n) is 4.96. The Morgan fingerprint density at radius 2 is 1.87 bits per heavy atom. The van der Waals surface area contributed by atoms with E-state index < -0.39 is 0 Å². The zero-order valence-corrected chi connectivity index (χ0v) is 17.7. The second-order valence-electron chi connectivity index (χ2n) is 8.20. The van der Waals surface area contributed by atoms with Gasteiger partial charge in [0.25, 0.3) is 0 Å². The topological polar surface area (TPSA) is 58.8 Å². The molecule has 3 heterocycles. The summed E-state index contributed by atoms with van der Waals surface area (Å²) in [5, 5.41) is 5.16. The summed E-state index contributed by atoms with van der Waals surface area (Å²) < 4.78 is 16.7. The van der Waals surface area contributed by atoms with Crippen molar-refractivity contribution >= 4 is 10.9 Å². The van der Waals surface area contributed by atoms with Gasteiger partial charge in [0.15, 0.2) is 0 Å². The standard InChI is InChI=1S/C24H29N3O3/c1-28-17-4-3-5-19(14-17)30-13-12-27-11-9-24(16-27)23-21(8-10-25-24)20-7-6-18(29-2)15-22(20)26-23/h3-7,14-15,25-26H,8-13,16H2,1-2H3. The van der Waals surface area contributed by atoms with Gasteiger partial charge in [-0.1, -0.05) is 6.07 Å². The molecule has 6 heteroatoms. The third-order valence-corrected chi connectivity index (χ3v) is 6.50.